The molecule has 1 heterocycles. The van der Waals surface area contributed by atoms with Crippen molar-refractivity contribution < 1.29 is 13.0 Å². The van der Waals surface area contributed by atoms with Crippen molar-refractivity contribution in [3.63, 3.8) is 0 Å². The molecule has 0 amide bonds. The fourth-order valence-electron chi connectivity index (χ4n) is 1.86. The predicted molar refractivity (Wildman–Crippen MR) is 62.7 cm³/mol. The topological polar surface area (TPSA) is 57.6 Å². The summed E-state index contributed by atoms with van der Waals surface area (Å²) in [6.07, 6.45) is 2.20. The molecule has 2 rings (SSSR count). The zero-order valence-electron chi connectivity index (χ0n) is 8.56. The molecule has 16 heavy (non-hydrogen) atoms. The molecule has 0 bridgehead atoms. The van der Waals surface area contributed by atoms with Gasteiger partial charge in [-0.05, 0) is 31.0 Å². The third-order valence-electron chi connectivity index (χ3n) is 2.66. The van der Waals surface area contributed by atoms with E-state index < -0.39 is 10.1 Å². The number of benzene rings is 1. The predicted octanol–water partition coefficient (Wildman–Crippen LogP) is 2.19. The molecule has 1 aromatic rings. The van der Waals surface area contributed by atoms with Gasteiger partial charge in [0, 0.05) is 18.8 Å². The number of hydrogen-bond donors (Lipinski definition) is 1. The van der Waals surface area contributed by atoms with Crippen molar-refractivity contribution in [2.45, 2.75) is 17.7 Å². The average Bonchev–Trinajstić information content (AvgIpc) is 2.69. The third-order valence-corrected chi connectivity index (χ3v) is 4.00. The number of rotatable bonds is 2. The maximum Gasteiger partial charge on any atom is 0.296 e. The molecule has 1 fully saturated rings. The minimum atomic E-state index is -4.24. The van der Waals surface area contributed by atoms with Crippen LogP contribution in [0.25, 0.3) is 0 Å². The Morgan fingerprint density at radius 1 is 1.25 bits per heavy atom. The molecule has 1 saturated heterocycles. The lowest BCUT2D eigenvalue weighted by Gasteiger charge is -2.18. The molecule has 1 aromatic carbocycles. The number of nitrogens with zero attached hydrogens (tertiary/aromatic N) is 1. The molecule has 0 aliphatic carbocycles. The molecule has 1 N–H and O–H groups in total. The second kappa shape index (κ2) is 4.24. The van der Waals surface area contributed by atoms with Crippen LogP contribution in [0.5, 0.6) is 0 Å². The molecule has 0 unspecified atom stereocenters. The van der Waals surface area contributed by atoms with E-state index in [1.165, 1.54) is 12.1 Å². The summed E-state index contributed by atoms with van der Waals surface area (Å²) in [6.45, 7) is 1.82. The van der Waals surface area contributed by atoms with E-state index in [9.17, 15) is 8.42 Å². The molecular weight excluding hydrogens is 250 g/mol. The Morgan fingerprint density at radius 2 is 1.88 bits per heavy atom. The van der Waals surface area contributed by atoms with Gasteiger partial charge in [0.2, 0.25) is 0 Å². The van der Waals surface area contributed by atoms with Gasteiger partial charge < -0.3 is 4.90 Å². The second-order valence-corrected chi connectivity index (χ2v) is 5.58. The van der Waals surface area contributed by atoms with Crippen LogP contribution in [0.1, 0.15) is 12.8 Å². The van der Waals surface area contributed by atoms with Crippen molar-refractivity contribution >= 4 is 27.4 Å². The van der Waals surface area contributed by atoms with Gasteiger partial charge in [-0.1, -0.05) is 11.6 Å². The zero-order valence-corrected chi connectivity index (χ0v) is 10.1. The molecule has 0 spiro atoms. The first-order valence-corrected chi connectivity index (χ1v) is 6.82. The van der Waals surface area contributed by atoms with Crippen LogP contribution in [0.3, 0.4) is 0 Å². The summed E-state index contributed by atoms with van der Waals surface area (Å²) in [7, 11) is -4.24. The van der Waals surface area contributed by atoms with E-state index in [0.717, 1.165) is 31.6 Å². The summed E-state index contributed by atoms with van der Waals surface area (Å²) < 4.78 is 31.2. The number of hydrogen-bond acceptors (Lipinski definition) is 3. The van der Waals surface area contributed by atoms with Crippen LogP contribution in [-0.4, -0.2) is 26.1 Å². The Bertz CT molecular complexity index is 495. The van der Waals surface area contributed by atoms with E-state index in [0.29, 0.717) is 0 Å². The van der Waals surface area contributed by atoms with Crippen molar-refractivity contribution in [1.82, 2.24) is 0 Å². The number of anilines is 1. The average molecular weight is 262 g/mol. The van der Waals surface area contributed by atoms with Gasteiger partial charge >= 0.3 is 0 Å². The van der Waals surface area contributed by atoms with Gasteiger partial charge in [-0.15, -0.1) is 0 Å². The van der Waals surface area contributed by atoms with E-state index in [1.54, 1.807) is 6.07 Å². The monoisotopic (exact) mass is 261 g/mol. The third kappa shape index (κ3) is 2.31. The van der Waals surface area contributed by atoms with E-state index in [-0.39, 0.29) is 9.92 Å². The van der Waals surface area contributed by atoms with Crippen molar-refractivity contribution in [3.05, 3.63) is 23.2 Å². The minimum Gasteiger partial charge on any atom is -0.371 e. The first-order valence-electron chi connectivity index (χ1n) is 5.00. The highest BCUT2D eigenvalue weighted by molar-refractivity contribution is 7.86. The Labute approximate surface area is 99.6 Å². The SMILES string of the molecule is O=S(=O)(O)c1cc(N2CCCC2)ccc1Cl. The molecular formula is C10H12ClNO3S. The zero-order chi connectivity index (χ0) is 11.8. The molecule has 6 heteroatoms. The molecule has 88 valence electrons. The molecule has 0 radical (unpaired) electrons. The standard InChI is InChI=1S/C10H12ClNO3S/c11-9-4-3-8(12-5-1-2-6-12)7-10(9)16(13,14)15/h3-4,7H,1-2,5-6H2,(H,13,14,15). The molecule has 0 aromatic heterocycles. The van der Waals surface area contributed by atoms with Gasteiger partial charge in [-0.3, -0.25) is 4.55 Å². The van der Waals surface area contributed by atoms with Crippen LogP contribution >= 0.6 is 11.6 Å². The van der Waals surface area contributed by atoms with Crippen molar-refractivity contribution in [3.8, 4) is 0 Å². The van der Waals surface area contributed by atoms with Gasteiger partial charge in [0.1, 0.15) is 4.90 Å². The van der Waals surface area contributed by atoms with E-state index >= 15 is 0 Å². The molecule has 1 aliphatic heterocycles. The maximum atomic E-state index is 11.1. The smallest absolute Gasteiger partial charge is 0.296 e. The molecule has 0 atom stereocenters. The maximum absolute atomic E-state index is 11.1. The van der Waals surface area contributed by atoms with Gasteiger partial charge in [-0.2, -0.15) is 8.42 Å². The van der Waals surface area contributed by atoms with Crippen molar-refractivity contribution in [1.29, 1.82) is 0 Å². The van der Waals surface area contributed by atoms with Crippen LogP contribution in [0, 0.1) is 0 Å². The molecule has 4 nitrogen and oxygen atoms in total. The van der Waals surface area contributed by atoms with Crippen molar-refractivity contribution in [2.75, 3.05) is 18.0 Å². The van der Waals surface area contributed by atoms with Crippen LogP contribution in [-0.2, 0) is 10.1 Å². The highest BCUT2D eigenvalue weighted by atomic mass is 35.5. The van der Waals surface area contributed by atoms with E-state index in [1.807, 2.05) is 0 Å². The lowest BCUT2D eigenvalue weighted by molar-refractivity contribution is 0.483. The Kier molecular flexibility index (Phi) is 3.10. The lowest BCUT2D eigenvalue weighted by Crippen LogP contribution is -2.17. The molecule has 0 saturated carbocycles. The van der Waals surface area contributed by atoms with Crippen LogP contribution in [0.15, 0.2) is 23.1 Å². The van der Waals surface area contributed by atoms with Gasteiger partial charge in [0.05, 0.1) is 5.02 Å². The summed E-state index contributed by atoms with van der Waals surface area (Å²) in [5.41, 5.74) is 0.787. The normalized spacial score (nSPS) is 16.8. The fraction of sp³-hybridized carbons (Fsp3) is 0.400. The summed E-state index contributed by atoms with van der Waals surface area (Å²) in [6, 6.07) is 4.68. The first kappa shape index (κ1) is 11.7. The molecule has 1 aliphatic rings. The Balaban J connectivity index is 2.43. The highest BCUT2D eigenvalue weighted by Gasteiger charge is 2.18. The quantitative estimate of drug-likeness (QED) is 0.829. The summed E-state index contributed by atoms with van der Waals surface area (Å²) >= 11 is 5.73. The summed E-state index contributed by atoms with van der Waals surface area (Å²) in [5.74, 6) is 0. The van der Waals surface area contributed by atoms with Gasteiger partial charge in [-0.25, -0.2) is 0 Å². The van der Waals surface area contributed by atoms with E-state index in [2.05, 4.69) is 4.90 Å². The van der Waals surface area contributed by atoms with Crippen LogP contribution in [0.4, 0.5) is 5.69 Å². The Morgan fingerprint density at radius 3 is 2.44 bits per heavy atom. The second-order valence-electron chi connectivity index (χ2n) is 3.78. The minimum absolute atomic E-state index is 0.0467. The van der Waals surface area contributed by atoms with Crippen molar-refractivity contribution in [2.24, 2.45) is 0 Å². The van der Waals surface area contributed by atoms with Crippen LogP contribution in [0.2, 0.25) is 5.02 Å². The lowest BCUT2D eigenvalue weighted by atomic mass is 10.3. The summed E-state index contributed by atoms with van der Waals surface area (Å²) in [4.78, 5) is 1.85. The van der Waals surface area contributed by atoms with E-state index in [4.69, 9.17) is 16.2 Å². The first-order chi connectivity index (χ1) is 7.48. The fourth-order valence-corrected chi connectivity index (χ4v) is 2.86. The Hall–Kier alpha value is -0.780. The van der Waals surface area contributed by atoms with Gasteiger partial charge in [0.25, 0.3) is 10.1 Å². The summed E-state index contributed by atoms with van der Waals surface area (Å²) in [5, 5.41) is 0.0467. The van der Waals surface area contributed by atoms with Gasteiger partial charge in [0.15, 0.2) is 0 Å². The number of halogens is 1. The van der Waals surface area contributed by atoms with Crippen LogP contribution < -0.4 is 4.90 Å². The largest absolute Gasteiger partial charge is 0.371 e. The highest BCUT2D eigenvalue weighted by Crippen LogP contribution is 2.28.